The van der Waals surface area contributed by atoms with E-state index in [2.05, 4.69) is 0 Å². The minimum absolute atomic E-state index is 0.0162. The molecule has 1 heterocycles. The number of carbonyl (C=O) groups is 2. The Morgan fingerprint density at radius 3 is 2.43 bits per heavy atom. The van der Waals surface area contributed by atoms with Gasteiger partial charge in [-0.25, -0.2) is 0 Å². The lowest BCUT2D eigenvalue weighted by Gasteiger charge is -2.12. The van der Waals surface area contributed by atoms with Gasteiger partial charge in [-0.3, -0.25) is 14.5 Å². The van der Waals surface area contributed by atoms with Gasteiger partial charge in [0.15, 0.2) is 0 Å². The van der Waals surface area contributed by atoms with Crippen molar-refractivity contribution in [3.8, 4) is 11.8 Å². The zero-order valence-corrected chi connectivity index (χ0v) is 14.8. The van der Waals surface area contributed by atoms with Crippen LogP contribution in [0.15, 0.2) is 47.4 Å². The van der Waals surface area contributed by atoms with E-state index in [0.29, 0.717) is 29.0 Å². The molecule has 0 atom stereocenters. The first-order valence-corrected chi connectivity index (χ1v) is 8.65. The smallest absolute Gasteiger partial charge is 0.419 e. The Balaban J connectivity index is 1.84. The predicted molar refractivity (Wildman–Crippen MR) is 95.8 cm³/mol. The van der Waals surface area contributed by atoms with Crippen molar-refractivity contribution < 1.29 is 27.9 Å². The maximum Gasteiger partial charge on any atom is 0.419 e. The van der Waals surface area contributed by atoms with Crippen molar-refractivity contribution in [1.29, 1.82) is 5.26 Å². The van der Waals surface area contributed by atoms with Crippen LogP contribution >= 0.6 is 11.8 Å². The van der Waals surface area contributed by atoms with E-state index in [-0.39, 0.29) is 17.0 Å². The van der Waals surface area contributed by atoms with Gasteiger partial charge in [0.2, 0.25) is 0 Å². The first kappa shape index (κ1) is 19.5. The minimum atomic E-state index is -4.75. The third kappa shape index (κ3) is 4.02. The molecule has 5 nitrogen and oxygen atoms in total. The first-order chi connectivity index (χ1) is 13.2. The monoisotopic (exact) mass is 404 g/mol. The van der Waals surface area contributed by atoms with Crippen LogP contribution in [0.2, 0.25) is 0 Å². The van der Waals surface area contributed by atoms with Crippen LogP contribution in [-0.4, -0.2) is 21.2 Å². The van der Waals surface area contributed by atoms with Gasteiger partial charge in [-0.2, -0.15) is 18.4 Å². The van der Waals surface area contributed by atoms with Crippen LogP contribution < -0.4 is 0 Å². The number of carbonyl (C=O) groups excluding carboxylic acids is 2. The Labute approximate surface area is 161 Å². The van der Waals surface area contributed by atoms with Crippen molar-refractivity contribution in [3.05, 3.63) is 69.6 Å². The summed E-state index contributed by atoms with van der Waals surface area (Å²) >= 11 is 0.624. The number of phenols is 1. The largest absolute Gasteiger partial charge is 0.507 e. The first-order valence-electron chi connectivity index (χ1n) is 7.83. The van der Waals surface area contributed by atoms with Gasteiger partial charge >= 0.3 is 6.18 Å². The predicted octanol–water partition coefficient (Wildman–Crippen LogP) is 4.52. The van der Waals surface area contributed by atoms with Crippen LogP contribution in [0.4, 0.5) is 18.0 Å². The lowest BCUT2D eigenvalue weighted by Crippen LogP contribution is -2.27. The Bertz CT molecular complexity index is 1020. The number of nitriles is 1. The zero-order chi connectivity index (χ0) is 20.5. The molecule has 2 amide bonds. The zero-order valence-electron chi connectivity index (χ0n) is 14.0. The van der Waals surface area contributed by atoms with Gasteiger partial charge in [-0.15, -0.1) is 0 Å². The van der Waals surface area contributed by atoms with Crippen molar-refractivity contribution in [1.82, 2.24) is 4.90 Å². The van der Waals surface area contributed by atoms with Crippen molar-refractivity contribution >= 4 is 29.0 Å². The normalized spacial score (nSPS) is 15.9. The van der Waals surface area contributed by atoms with Gasteiger partial charge in [0.25, 0.3) is 11.1 Å². The number of halogens is 3. The third-order valence-corrected chi connectivity index (χ3v) is 4.83. The molecule has 0 bridgehead atoms. The van der Waals surface area contributed by atoms with Crippen LogP contribution in [0, 0.1) is 11.3 Å². The molecule has 0 aliphatic carbocycles. The number of benzene rings is 2. The van der Waals surface area contributed by atoms with E-state index in [1.807, 2.05) is 6.07 Å². The number of thioether (sulfide) groups is 1. The topological polar surface area (TPSA) is 81.4 Å². The third-order valence-electron chi connectivity index (χ3n) is 3.92. The quantitative estimate of drug-likeness (QED) is 0.761. The van der Waals surface area contributed by atoms with Gasteiger partial charge in [0, 0.05) is 0 Å². The molecular formula is C19H11F3N2O3S. The van der Waals surface area contributed by atoms with Gasteiger partial charge in [0.1, 0.15) is 5.75 Å². The van der Waals surface area contributed by atoms with Crippen LogP contribution in [0.3, 0.4) is 0 Å². The summed E-state index contributed by atoms with van der Waals surface area (Å²) in [5.74, 6) is -1.54. The molecule has 0 unspecified atom stereocenters. The van der Waals surface area contributed by atoms with Crippen LogP contribution in [0.5, 0.6) is 5.75 Å². The molecule has 9 heteroatoms. The summed E-state index contributed by atoms with van der Waals surface area (Å²) in [5, 5.41) is 17.6. The SMILES string of the molecule is N#Cc1ccc(CN2C(=O)SC(=Cc3ccc(O)c(C(F)(F)F)c3)C2=O)cc1. The van der Waals surface area contributed by atoms with Crippen molar-refractivity contribution in [2.24, 2.45) is 0 Å². The maximum absolute atomic E-state index is 12.9. The highest BCUT2D eigenvalue weighted by Gasteiger charge is 2.36. The highest BCUT2D eigenvalue weighted by atomic mass is 32.2. The summed E-state index contributed by atoms with van der Waals surface area (Å²) in [4.78, 5) is 25.6. The average molecular weight is 404 g/mol. The second kappa shape index (κ2) is 7.40. The minimum Gasteiger partial charge on any atom is -0.507 e. The number of nitrogens with zero attached hydrogens (tertiary/aromatic N) is 2. The van der Waals surface area contributed by atoms with E-state index in [1.165, 1.54) is 12.1 Å². The van der Waals surface area contributed by atoms with Crippen molar-refractivity contribution in [2.75, 3.05) is 0 Å². The van der Waals surface area contributed by atoms with Crippen molar-refractivity contribution in [3.63, 3.8) is 0 Å². The van der Waals surface area contributed by atoms with Gasteiger partial charge in [-0.05, 0) is 53.2 Å². The fraction of sp³-hybridized carbons (Fsp3) is 0.105. The van der Waals surface area contributed by atoms with E-state index < -0.39 is 28.6 Å². The molecule has 2 aromatic rings. The lowest BCUT2D eigenvalue weighted by molar-refractivity contribution is -0.138. The second-order valence-electron chi connectivity index (χ2n) is 5.85. The number of phenolic OH excluding ortho intramolecular Hbond substituents is 1. The molecule has 2 aromatic carbocycles. The Morgan fingerprint density at radius 2 is 1.82 bits per heavy atom. The molecule has 3 rings (SSSR count). The summed E-state index contributed by atoms with van der Waals surface area (Å²) in [6.07, 6.45) is -3.57. The summed E-state index contributed by atoms with van der Waals surface area (Å²) in [5.41, 5.74) is -0.121. The second-order valence-corrected chi connectivity index (χ2v) is 6.84. The molecule has 1 aliphatic rings. The number of amides is 2. The molecule has 0 aromatic heterocycles. The molecule has 142 valence electrons. The van der Waals surface area contributed by atoms with E-state index in [9.17, 15) is 27.9 Å². The Kier molecular flexibility index (Phi) is 5.16. The van der Waals surface area contributed by atoms with E-state index in [0.717, 1.165) is 11.0 Å². The molecule has 1 aliphatic heterocycles. The summed E-state index contributed by atoms with van der Waals surface area (Å²) < 4.78 is 38.7. The number of aromatic hydroxyl groups is 1. The molecule has 1 saturated heterocycles. The van der Waals surface area contributed by atoms with Crippen LogP contribution in [0.25, 0.3) is 6.08 Å². The summed E-state index contributed by atoms with van der Waals surface area (Å²) in [7, 11) is 0. The van der Waals surface area contributed by atoms with Gasteiger partial charge in [-0.1, -0.05) is 18.2 Å². The standard InChI is InChI=1S/C19H11F3N2O3S/c20-19(21,22)14-7-13(5-6-15(14)25)8-16-17(26)24(18(27)28-16)10-12-3-1-11(9-23)2-4-12/h1-8,25H,10H2. The average Bonchev–Trinajstić information content (AvgIpc) is 2.90. The number of hydrogen-bond donors (Lipinski definition) is 1. The van der Waals surface area contributed by atoms with Gasteiger partial charge in [0.05, 0.1) is 28.6 Å². The summed E-state index contributed by atoms with van der Waals surface area (Å²) in [6.45, 7) is -0.0168. The molecule has 0 radical (unpaired) electrons. The molecule has 0 spiro atoms. The van der Waals surface area contributed by atoms with E-state index in [4.69, 9.17) is 5.26 Å². The Hall–Kier alpha value is -3.25. The Morgan fingerprint density at radius 1 is 1.14 bits per heavy atom. The number of hydrogen-bond acceptors (Lipinski definition) is 5. The highest BCUT2D eigenvalue weighted by molar-refractivity contribution is 8.18. The number of alkyl halides is 3. The highest BCUT2D eigenvalue weighted by Crippen LogP contribution is 2.38. The molecular weight excluding hydrogens is 393 g/mol. The van der Waals surface area contributed by atoms with E-state index >= 15 is 0 Å². The maximum atomic E-state index is 12.9. The fourth-order valence-electron chi connectivity index (χ4n) is 2.53. The lowest BCUT2D eigenvalue weighted by atomic mass is 10.1. The number of rotatable bonds is 3. The summed E-state index contributed by atoms with van der Waals surface area (Å²) in [6, 6.07) is 11.1. The molecule has 1 fully saturated rings. The molecule has 28 heavy (non-hydrogen) atoms. The van der Waals surface area contributed by atoms with E-state index in [1.54, 1.807) is 24.3 Å². The number of imide groups is 1. The molecule has 0 saturated carbocycles. The fourth-order valence-corrected chi connectivity index (χ4v) is 3.36. The van der Waals surface area contributed by atoms with Crippen LogP contribution in [0.1, 0.15) is 22.3 Å². The van der Waals surface area contributed by atoms with Crippen LogP contribution in [-0.2, 0) is 17.5 Å². The van der Waals surface area contributed by atoms with Crippen molar-refractivity contribution in [2.45, 2.75) is 12.7 Å². The van der Waals surface area contributed by atoms with Gasteiger partial charge < -0.3 is 5.11 Å². The molecule has 1 N–H and O–H groups in total.